The maximum Gasteiger partial charge on any atom is 0.293 e. The number of nitrogens with one attached hydrogen (secondary N) is 3. The van der Waals surface area contributed by atoms with Gasteiger partial charge in [-0.1, -0.05) is 43.2 Å². The summed E-state index contributed by atoms with van der Waals surface area (Å²) in [6.07, 6.45) is 8.13. The maximum atomic E-state index is 13.9. The first kappa shape index (κ1) is 44.4. The van der Waals surface area contributed by atoms with Crippen molar-refractivity contribution >= 4 is 61.2 Å². The number of allylic oxidation sites excluding steroid dienone is 1. The number of aromatic nitrogens is 2. The summed E-state index contributed by atoms with van der Waals surface area (Å²) in [6.45, 7) is 10.4. The summed E-state index contributed by atoms with van der Waals surface area (Å²) in [5.74, 6) is -0.195. The third kappa shape index (κ3) is 10.4. The lowest BCUT2D eigenvalue weighted by molar-refractivity contribution is -0.384. The van der Waals surface area contributed by atoms with Crippen LogP contribution in [0, 0.1) is 28.9 Å². The Hall–Kier alpha value is -5.61. The second-order valence-corrected chi connectivity index (χ2v) is 19.0. The Kier molecular flexibility index (Phi) is 13.5. The van der Waals surface area contributed by atoms with E-state index in [1.54, 1.807) is 30.5 Å². The number of pyridine rings is 1. The average molecular weight is 883 g/mol. The van der Waals surface area contributed by atoms with Gasteiger partial charge in [0.1, 0.15) is 22.8 Å². The molecule has 0 unspecified atom stereocenters. The number of carbonyl (C=O) groups is 1. The van der Waals surface area contributed by atoms with Crippen LogP contribution in [0.25, 0.3) is 16.6 Å². The van der Waals surface area contributed by atoms with Gasteiger partial charge in [0.05, 0.1) is 21.6 Å². The van der Waals surface area contributed by atoms with Crippen LogP contribution in [0.15, 0.2) is 95.7 Å². The molecule has 1 amide bonds. The van der Waals surface area contributed by atoms with Crippen LogP contribution in [0.5, 0.6) is 11.5 Å². The zero-order chi connectivity index (χ0) is 42.7. The van der Waals surface area contributed by atoms with Gasteiger partial charge < -0.3 is 24.7 Å². The SMILES string of the molecule is CC1(C)CCC(CN2CCN(c3ccc(C(=O)NS(=O)(=O)c4ccc(NCC5CCOCC5)c([N+](=O)[O-])c4)c(Oc4cnc5[nH]ccc5c4)c3)CC2)=C(c2ccc(Cl)cc2)C1.[CH3+]. The lowest BCUT2D eigenvalue weighted by Gasteiger charge is -2.39. The number of rotatable bonds is 13. The van der Waals surface area contributed by atoms with Crippen LogP contribution in [0.4, 0.5) is 17.1 Å². The monoisotopic (exact) mass is 882 g/mol. The number of ether oxygens (including phenoxy) is 2. The number of benzene rings is 3. The van der Waals surface area contributed by atoms with E-state index in [9.17, 15) is 23.3 Å². The summed E-state index contributed by atoms with van der Waals surface area (Å²) in [7, 11) is -4.55. The van der Waals surface area contributed by atoms with Gasteiger partial charge in [-0.25, -0.2) is 18.1 Å². The molecule has 3 aromatic carbocycles. The van der Waals surface area contributed by atoms with E-state index < -0.39 is 31.4 Å². The molecule has 16 heteroatoms. The molecule has 0 radical (unpaired) electrons. The lowest BCUT2D eigenvalue weighted by atomic mass is 9.72. The molecule has 4 heterocycles. The Balaban J connectivity index is 0.00000578. The number of hydrogen-bond acceptors (Lipinski definition) is 11. The van der Waals surface area contributed by atoms with E-state index in [-0.39, 0.29) is 35.8 Å². The van der Waals surface area contributed by atoms with Crippen LogP contribution >= 0.6 is 11.6 Å². The Labute approximate surface area is 367 Å². The number of piperazine rings is 1. The quantitative estimate of drug-likeness (QED) is 0.0585. The van der Waals surface area contributed by atoms with E-state index in [0.717, 1.165) is 87.0 Å². The maximum absolute atomic E-state index is 13.9. The Bertz CT molecular complexity index is 2560. The highest BCUT2D eigenvalue weighted by Gasteiger charge is 2.31. The zero-order valence-electron chi connectivity index (χ0n) is 35.3. The van der Waals surface area contributed by atoms with Gasteiger partial charge in [-0.05, 0) is 103 Å². The number of amides is 1. The largest absolute Gasteiger partial charge is 0.455 e. The van der Waals surface area contributed by atoms with Crippen LogP contribution < -0.4 is 19.7 Å². The van der Waals surface area contributed by atoms with Crippen LogP contribution in [-0.2, 0) is 14.8 Å². The number of H-pyrrole nitrogens is 1. The molecule has 326 valence electrons. The van der Waals surface area contributed by atoms with Gasteiger partial charge >= 0.3 is 0 Å². The first-order chi connectivity index (χ1) is 29.3. The number of sulfonamides is 1. The van der Waals surface area contributed by atoms with Gasteiger partial charge in [0.2, 0.25) is 0 Å². The van der Waals surface area contributed by atoms with Crippen molar-refractivity contribution in [1.29, 1.82) is 0 Å². The normalized spacial score (nSPS) is 17.4. The van der Waals surface area contributed by atoms with Crippen LogP contribution in [0.1, 0.15) is 61.9 Å². The fourth-order valence-electron chi connectivity index (χ4n) is 8.40. The molecule has 1 aliphatic carbocycles. The van der Waals surface area contributed by atoms with Crippen molar-refractivity contribution in [3.8, 4) is 11.5 Å². The third-order valence-electron chi connectivity index (χ3n) is 12.0. The number of halogens is 1. The number of nitrogens with zero attached hydrogens (tertiary/aromatic N) is 4. The van der Waals surface area contributed by atoms with E-state index in [0.29, 0.717) is 31.2 Å². The zero-order valence-corrected chi connectivity index (χ0v) is 36.9. The molecule has 8 rings (SSSR count). The summed E-state index contributed by atoms with van der Waals surface area (Å²) >= 11 is 6.24. The van der Waals surface area contributed by atoms with Gasteiger partial charge in [-0.15, -0.1) is 0 Å². The Morgan fingerprint density at radius 2 is 1.79 bits per heavy atom. The van der Waals surface area contributed by atoms with Crippen molar-refractivity contribution in [2.75, 3.05) is 62.7 Å². The molecule has 0 atom stereocenters. The van der Waals surface area contributed by atoms with E-state index >= 15 is 0 Å². The summed E-state index contributed by atoms with van der Waals surface area (Å²) in [4.78, 5) is 37.1. The Morgan fingerprint density at radius 3 is 2.53 bits per heavy atom. The van der Waals surface area contributed by atoms with E-state index in [4.69, 9.17) is 21.1 Å². The summed E-state index contributed by atoms with van der Waals surface area (Å²) in [6, 6.07) is 20.4. The van der Waals surface area contributed by atoms with Crippen LogP contribution in [-0.4, -0.2) is 86.6 Å². The predicted octanol–water partition coefficient (Wildman–Crippen LogP) is 9.11. The first-order valence-electron chi connectivity index (χ1n) is 20.7. The summed E-state index contributed by atoms with van der Waals surface area (Å²) in [5, 5.41) is 16.7. The highest BCUT2D eigenvalue weighted by Crippen LogP contribution is 2.43. The predicted molar refractivity (Wildman–Crippen MR) is 243 cm³/mol. The minimum Gasteiger partial charge on any atom is -0.455 e. The molecule has 2 aromatic heterocycles. The van der Waals surface area contributed by atoms with Crippen LogP contribution in [0.2, 0.25) is 5.02 Å². The van der Waals surface area contributed by atoms with Gasteiger partial charge in [0.25, 0.3) is 21.6 Å². The fourth-order valence-corrected chi connectivity index (χ4v) is 9.51. The molecule has 2 fully saturated rings. The van der Waals surface area contributed by atoms with Crippen molar-refractivity contribution in [3.63, 3.8) is 0 Å². The highest BCUT2D eigenvalue weighted by atomic mass is 35.5. The van der Waals surface area contributed by atoms with Crippen molar-refractivity contribution in [2.45, 2.75) is 50.8 Å². The number of hydrogen-bond donors (Lipinski definition) is 3. The van der Waals surface area contributed by atoms with Gasteiger partial charge in [0.15, 0.2) is 0 Å². The number of nitro groups is 1. The van der Waals surface area contributed by atoms with Crippen molar-refractivity contribution in [3.05, 3.63) is 124 Å². The fraction of sp³-hybridized carbons (Fsp3) is 0.370. The molecule has 0 spiro atoms. The minimum absolute atomic E-state index is 0. The lowest BCUT2D eigenvalue weighted by Crippen LogP contribution is -2.47. The summed E-state index contributed by atoms with van der Waals surface area (Å²) < 4.78 is 41.2. The molecule has 14 nitrogen and oxygen atoms in total. The molecular weight excluding hydrogens is 830 g/mol. The molecule has 5 aromatic rings. The number of anilines is 2. The van der Waals surface area contributed by atoms with Crippen molar-refractivity contribution < 1.29 is 27.6 Å². The third-order valence-corrected chi connectivity index (χ3v) is 13.5. The number of nitro benzene ring substituents is 1. The average Bonchev–Trinajstić information content (AvgIpc) is 3.72. The molecule has 62 heavy (non-hydrogen) atoms. The molecule has 2 saturated heterocycles. The Morgan fingerprint density at radius 1 is 1.03 bits per heavy atom. The van der Waals surface area contributed by atoms with Crippen LogP contribution in [0.3, 0.4) is 0 Å². The standard InChI is InChI=1S/C45H50ClN7O7S.CH3/c1-45(2)15-11-33(39(26-45)31-3-5-34(46)6-4-31)29-51-17-19-52(20-18-51)35-7-9-38(42(24-35)60-36-23-32-12-16-47-43(32)49-28-36)44(54)50-61(57,58)37-8-10-40(41(25-37)53(55)56)48-27-30-13-21-59-22-14-30;/h3-10,12,16,23-25,28,30,48H,11,13-15,17-22,26-27,29H2,1-2H3,(H,47,49)(H,50,54);1H3/q;+1. The first-order valence-corrected chi connectivity index (χ1v) is 22.5. The second-order valence-electron chi connectivity index (χ2n) is 16.9. The van der Waals surface area contributed by atoms with Gasteiger partial charge in [-0.2, -0.15) is 0 Å². The molecule has 0 bridgehead atoms. The molecule has 0 saturated carbocycles. The second kappa shape index (κ2) is 18.8. The highest BCUT2D eigenvalue weighted by molar-refractivity contribution is 7.90. The van der Waals surface area contributed by atoms with Gasteiger partial charge in [-0.3, -0.25) is 19.8 Å². The molecule has 3 aliphatic rings. The topological polar surface area (TPSA) is 172 Å². The van der Waals surface area contributed by atoms with E-state index in [2.05, 4.69) is 55.8 Å². The molecular formula is C46H53ClN7O7S+. The smallest absolute Gasteiger partial charge is 0.293 e. The summed E-state index contributed by atoms with van der Waals surface area (Å²) in [5.41, 5.74) is 5.55. The molecule has 3 N–H and O–H groups in total. The van der Waals surface area contributed by atoms with Crippen molar-refractivity contribution in [1.82, 2.24) is 19.6 Å². The number of aromatic amines is 1. The van der Waals surface area contributed by atoms with Crippen molar-refractivity contribution in [2.24, 2.45) is 11.3 Å². The van der Waals surface area contributed by atoms with E-state index in [1.807, 2.05) is 18.2 Å². The minimum atomic E-state index is -4.55. The van der Waals surface area contributed by atoms with E-state index in [1.165, 1.54) is 35.0 Å². The number of carbonyl (C=O) groups excluding carboxylic acids is 1. The molecule has 2 aliphatic heterocycles. The van der Waals surface area contributed by atoms with Gasteiger partial charge in [0, 0.05) is 94.3 Å². The number of fused-ring (bicyclic) bond motifs is 1.